The summed E-state index contributed by atoms with van der Waals surface area (Å²) in [6.45, 7) is 0.890. The maximum absolute atomic E-state index is 11.8. The Bertz CT molecular complexity index is 637. The molecule has 1 unspecified atom stereocenters. The van der Waals surface area contributed by atoms with E-state index in [1.54, 1.807) is 6.20 Å². The molecule has 3 N–H and O–H groups in total. The molecule has 2 amide bonds. The van der Waals surface area contributed by atoms with Crippen molar-refractivity contribution in [3.05, 3.63) is 64.9 Å². The molecule has 24 heavy (non-hydrogen) atoms. The number of amides is 2. The van der Waals surface area contributed by atoms with Gasteiger partial charge in [-0.3, -0.25) is 4.98 Å². The average molecular weight is 348 g/mol. The molecule has 0 fully saturated rings. The van der Waals surface area contributed by atoms with Crippen LogP contribution in [0.15, 0.2) is 48.7 Å². The van der Waals surface area contributed by atoms with Crippen molar-refractivity contribution in [2.45, 2.75) is 12.8 Å². The van der Waals surface area contributed by atoms with Gasteiger partial charge in [-0.05, 0) is 36.6 Å². The Kier molecular flexibility index (Phi) is 7.52. The number of nitrogens with one attached hydrogen (secondary N) is 2. The number of aromatic nitrogens is 1. The number of rotatable bonds is 8. The summed E-state index contributed by atoms with van der Waals surface area (Å²) in [5, 5.41) is 15.7. The summed E-state index contributed by atoms with van der Waals surface area (Å²) < 4.78 is 0. The SMILES string of the molecule is O=C(NCCc1ccccc1Cl)NCC(CO)Cc1ccccn1. The number of nitrogens with zero attached hydrogens (tertiary/aromatic N) is 1. The highest BCUT2D eigenvalue weighted by Gasteiger charge is 2.11. The van der Waals surface area contributed by atoms with Crippen molar-refractivity contribution in [2.75, 3.05) is 19.7 Å². The second kappa shape index (κ2) is 9.90. The summed E-state index contributed by atoms with van der Waals surface area (Å²) in [5.41, 5.74) is 1.90. The molecule has 0 saturated heterocycles. The van der Waals surface area contributed by atoms with Gasteiger partial charge < -0.3 is 15.7 Å². The third kappa shape index (κ3) is 6.18. The number of halogens is 1. The van der Waals surface area contributed by atoms with Gasteiger partial charge in [0, 0.05) is 42.5 Å². The number of benzene rings is 1. The van der Waals surface area contributed by atoms with Crippen molar-refractivity contribution in [1.29, 1.82) is 0 Å². The molecule has 0 aliphatic carbocycles. The van der Waals surface area contributed by atoms with Crippen LogP contribution in [0.2, 0.25) is 5.02 Å². The first-order valence-electron chi connectivity index (χ1n) is 7.95. The van der Waals surface area contributed by atoms with E-state index in [4.69, 9.17) is 11.6 Å². The molecule has 0 bridgehead atoms. The van der Waals surface area contributed by atoms with Crippen molar-refractivity contribution in [3.8, 4) is 0 Å². The van der Waals surface area contributed by atoms with Crippen LogP contribution in [0.4, 0.5) is 4.79 Å². The Morgan fingerprint density at radius 1 is 1.17 bits per heavy atom. The minimum Gasteiger partial charge on any atom is -0.396 e. The lowest BCUT2D eigenvalue weighted by Crippen LogP contribution is -2.40. The molecule has 0 aliphatic heterocycles. The number of carbonyl (C=O) groups excluding carboxylic acids is 1. The fourth-order valence-electron chi connectivity index (χ4n) is 2.33. The van der Waals surface area contributed by atoms with Gasteiger partial charge in [0.15, 0.2) is 0 Å². The molecular weight excluding hydrogens is 326 g/mol. The number of hydrogen-bond donors (Lipinski definition) is 3. The minimum absolute atomic E-state index is 0.00349. The minimum atomic E-state index is -0.249. The zero-order valence-corrected chi connectivity index (χ0v) is 14.2. The fourth-order valence-corrected chi connectivity index (χ4v) is 2.56. The first kappa shape index (κ1) is 18.2. The average Bonchev–Trinajstić information content (AvgIpc) is 2.61. The van der Waals surface area contributed by atoms with Crippen LogP contribution in [-0.4, -0.2) is 35.8 Å². The summed E-state index contributed by atoms with van der Waals surface area (Å²) in [7, 11) is 0. The van der Waals surface area contributed by atoms with Crippen molar-refractivity contribution >= 4 is 17.6 Å². The van der Waals surface area contributed by atoms with E-state index >= 15 is 0 Å². The van der Waals surface area contributed by atoms with Crippen LogP contribution in [0.1, 0.15) is 11.3 Å². The van der Waals surface area contributed by atoms with Crippen LogP contribution in [0.5, 0.6) is 0 Å². The molecule has 6 heteroatoms. The van der Waals surface area contributed by atoms with Gasteiger partial charge in [-0.2, -0.15) is 0 Å². The molecule has 1 aromatic carbocycles. The van der Waals surface area contributed by atoms with E-state index in [-0.39, 0.29) is 18.6 Å². The highest BCUT2D eigenvalue weighted by atomic mass is 35.5. The van der Waals surface area contributed by atoms with E-state index in [1.165, 1.54) is 0 Å². The zero-order chi connectivity index (χ0) is 17.2. The number of pyridine rings is 1. The summed E-state index contributed by atoms with van der Waals surface area (Å²) in [6, 6.07) is 13.0. The normalized spacial score (nSPS) is 11.8. The molecule has 1 atom stereocenters. The summed E-state index contributed by atoms with van der Waals surface area (Å²) in [5.74, 6) is -0.0609. The lowest BCUT2D eigenvalue weighted by molar-refractivity contribution is 0.213. The second-order valence-electron chi connectivity index (χ2n) is 5.55. The molecule has 0 saturated carbocycles. The van der Waals surface area contributed by atoms with Gasteiger partial charge in [0.25, 0.3) is 0 Å². The smallest absolute Gasteiger partial charge is 0.314 e. The number of aliphatic hydroxyl groups is 1. The molecule has 5 nitrogen and oxygen atoms in total. The number of hydrogen-bond acceptors (Lipinski definition) is 3. The molecule has 0 aliphatic rings. The largest absolute Gasteiger partial charge is 0.396 e. The van der Waals surface area contributed by atoms with E-state index < -0.39 is 0 Å². The van der Waals surface area contributed by atoms with Crippen molar-refractivity contribution in [2.24, 2.45) is 5.92 Å². The quantitative estimate of drug-likeness (QED) is 0.686. The Hall–Kier alpha value is -2.11. The number of urea groups is 1. The number of carbonyl (C=O) groups is 1. The topological polar surface area (TPSA) is 74.2 Å². The molecule has 0 spiro atoms. The first-order valence-corrected chi connectivity index (χ1v) is 8.32. The van der Waals surface area contributed by atoms with Crippen LogP contribution in [0, 0.1) is 5.92 Å². The van der Waals surface area contributed by atoms with Crippen LogP contribution >= 0.6 is 11.6 Å². The Morgan fingerprint density at radius 3 is 2.67 bits per heavy atom. The van der Waals surface area contributed by atoms with Crippen LogP contribution in [0.25, 0.3) is 0 Å². The highest BCUT2D eigenvalue weighted by molar-refractivity contribution is 6.31. The van der Waals surface area contributed by atoms with Gasteiger partial charge in [-0.1, -0.05) is 35.9 Å². The molecule has 1 heterocycles. The van der Waals surface area contributed by atoms with Gasteiger partial charge >= 0.3 is 6.03 Å². The predicted octanol–water partition coefficient (Wildman–Crippen LogP) is 2.43. The molecule has 128 valence electrons. The third-order valence-corrected chi connectivity index (χ3v) is 4.04. The van der Waals surface area contributed by atoms with Crippen molar-refractivity contribution in [3.63, 3.8) is 0 Å². The predicted molar refractivity (Wildman–Crippen MR) is 95.1 cm³/mol. The van der Waals surface area contributed by atoms with Gasteiger partial charge in [0.1, 0.15) is 0 Å². The van der Waals surface area contributed by atoms with Gasteiger partial charge in [-0.15, -0.1) is 0 Å². The molecule has 2 aromatic rings. The summed E-state index contributed by atoms with van der Waals surface area (Å²) in [6.07, 6.45) is 3.01. The fraction of sp³-hybridized carbons (Fsp3) is 0.333. The van der Waals surface area contributed by atoms with E-state index in [9.17, 15) is 9.90 Å². The van der Waals surface area contributed by atoms with Crippen molar-refractivity contribution in [1.82, 2.24) is 15.6 Å². The van der Waals surface area contributed by atoms with Gasteiger partial charge in [0.05, 0.1) is 0 Å². The van der Waals surface area contributed by atoms with Crippen molar-refractivity contribution < 1.29 is 9.90 Å². The van der Waals surface area contributed by atoms with Crippen LogP contribution < -0.4 is 10.6 Å². The Morgan fingerprint density at radius 2 is 1.96 bits per heavy atom. The number of aliphatic hydroxyl groups excluding tert-OH is 1. The van der Waals surface area contributed by atoms with E-state index in [0.29, 0.717) is 31.0 Å². The Labute approximate surface area is 147 Å². The van der Waals surface area contributed by atoms with Gasteiger partial charge in [0.2, 0.25) is 0 Å². The van der Waals surface area contributed by atoms with E-state index in [0.717, 1.165) is 11.3 Å². The third-order valence-electron chi connectivity index (χ3n) is 3.67. The molecule has 2 rings (SSSR count). The molecule has 1 aromatic heterocycles. The molecular formula is C18H22ClN3O2. The second-order valence-corrected chi connectivity index (χ2v) is 5.96. The van der Waals surface area contributed by atoms with Crippen LogP contribution in [0.3, 0.4) is 0 Å². The lowest BCUT2D eigenvalue weighted by atomic mass is 10.0. The zero-order valence-electron chi connectivity index (χ0n) is 13.4. The summed E-state index contributed by atoms with van der Waals surface area (Å²) in [4.78, 5) is 16.1. The van der Waals surface area contributed by atoms with Gasteiger partial charge in [-0.25, -0.2) is 4.79 Å². The Balaban J connectivity index is 1.69. The maximum atomic E-state index is 11.8. The van der Waals surface area contributed by atoms with E-state index in [2.05, 4.69) is 15.6 Å². The highest BCUT2D eigenvalue weighted by Crippen LogP contribution is 2.14. The van der Waals surface area contributed by atoms with E-state index in [1.807, 2.05) is 42.5 Å². The standard InChI is InChI=1S/C18H22ClN3O2/c19-17-7-2-1-5-15(17)8-10-21-18(24)22-12-14(13-23)11-16-6-3-4-9-20-16/h1-7,9,14,23H,8,10-13H2,(H2,21,22,24). The lowest BCUT2D eigenvalue weighted by Gasteiger charge is -2.15. The monoisotopic (exact) mass is 347 g/mol. The summed E-state index contributed by atoms with van der Waals surface area (Å²) >= 11 is 6.08. The first-order chi connectivity index (χ1) is 11.7. The maximum Gasteiger partial charge on any atom is 0.314 e. The molecule has 0 radical (unpaired) electrons. The van der Waals surface area contributed by atoms with Crippen LogP contribution in [-0.2, 0) is 12.8 Å².